The highest BCUT2D eigenvalue weighted by molar-refractivity contribution is 6.11. The second-order valence-electron chi connectivity index (χ2n) is 9.65. The molecule has 4 rings (SSSR count). The van der Waals surface area contributed by atoms with Crippen LogP contribution in [0, 0.1) is 5.92 Å². The zero-order valence-corrected chi connectivity index (χ0v) is 21.7. The van der Waals surface area contributed by atoms with Gasteiger partial charge in [0.2, 0.25) is 11.8 Å². The molecular weight excluding hydrogens is 520 g/mol. The molecule has 0 saturated carbocycles. The van der Waals surface area contributed by atoms with Gasteiger partial charge in [0.25, 0.3) is 11.8 Å². The zero-order valence-electron chi connectivity index (χ0n) is 21.7. The molecular formula is C28H30N4O8. The Kier molecular flexibility index (Phi) is 9.23. The molecule has 0 aliphatic carbocycles. The van der Waals surface area contributed by atoms with E-state index in [1.54, 1.807) is 54.6 Å². The average Bonchev–Trinajstić information content (AvgIpc) is 3.42. The maximum Gasteiger partial charge on any atom is 0.305 e. The van der Waals surface area contributed by atoms with Crippen molar-refractivity contribution in [3.63, 3.8) is 0 Å². The van der Waals surface area contributed by atoms with E-state index in [-0.39, 0.29) is 30.5 Å². The standard InChI is InChI=1S/C28H30N4O8/c33-16-20(13-26(36)37)29-24(34)15-32-23-9-5-4-8-22(23)31(25(35)12-18-10-11-40-17-18)14-21(28(32)39)30-27(38)19-6-2-1-3-7-19/h1-9,16,18,20-21H,10-15,17H2,(H,29,34)(H,30,38)(H,36,37)/t18?,20-,21-/m0/s1. The van der Waals surface area contributed by atoms with E-state index in [0.717, 1.165) is 11.3 Å². The van der Waals surface area contributed by atoms with Crippen LogP contribution in [-0.2, 0) is 28.7 Å². The Hall–Kier alpha value is -4.58. The minimum absolute atomic E-state index is 0.0207. The van der Waals surface area contributed by atoms with Crippen molar-refractivity contribution in [2.45, 2.75) is 31.3 Å². The van der Waals surface area contributed by atoms with Crippen molar-refractivity contribution in [2.75, 3.05) is 36.1 Å². The molecule has 0 bridgehead atoms. The molecule has 0 radical (unpaired) electrons. The quantitative estimate of drug-likeness (QED) is 0.365. The van der Waals surface area contributed by atoms with Crippen molar-refractivity contribution in [1.82, 2.24) is 10.6 Å². The van der Waals surface area contributed by atoms with Gasteiger partial charge >= 0.3 is 5.97 Å². The van der Waals surface area contributed by atoms with Gasteiger partial charge in [0.05, 0.1) is 30.4 Å². The number of carboxylic acids is 1. The van der Waals surface area contributed by atoms with Crippen molar-refractivity contribution in [3.8, 4) is 0 Å². The normalized spacial score (nSPS) is 19.2. The Labute approximate surface area is 230 Å². The van der Waals surface area contributed by atoms with Crippen molar-refractivity contribution in [1.29, 1.82) is 0 Å². The molecule has 0 aromatic heterocycles. The van der Waals surface area contributed by atoms with Gasteiger partial charge < -0.3 is 30.2 Å². The molecule has 3 N–H and O–H groups in total. The summed E-state index contributed by atoms with van der Waals surface area (Å²) in [6, 6.07) is 12.3. The predicted octanol–water partition coefficient (Wildman–Crippen LogP) is 0.750. The number of para-hydroxylation sites is 2. The Morgan fingerprint density at radius 2 is 1.75 bits per heavy atom. The number of hydrogen-bond donors (Lipinski definition) is 3. The number of benzene rings is 2. The SMILES string of the molecule is O=C[C@H](CC(=O)O)NC(=O)CN1C(=O)[C@@H](NC(=O)c2ccccc2)CN(C(=O)CC2CCOC2)c2ccccc21. The third kappa shape index (κ3) is 6.89. The highest BCUT2D eigenvalue weighted by Crippen LogP contribution is 2.34. The summed E-state index contributed by atoms with van der Waals surface area (Å²) >= 11 is 0. The maximum atomic E-state index is 13.9. The first-order valence-corrected chi connectivity index (χ1v) is 12.9. The summed E-state index contributed by atoms with van der Waals surface area (Å²) in [6.07, 6.45) is 0.594. The number of ether oxygens (including phenoxy) is 1. The van der Waals surface area contributed by atoms with Crippen molar-refractivity contribution >= 4 is 47.3 Å². The molecule has 1 fully saturated rings. The fourth-order valence-corrected chi connectivity index (χ4v) is 4.74. The van der Waals surface area contributed by atoms with Gasteiger partial charge in [0, 0.05) is 25.2 Å². The van der Waals surface area contributed by atoms with Crippen LogP contribution in [0.1, 0.15) is 29.6 Å². The number of nitrogens with one attached hydrogen (secondary N) is 2. The summed E-state index contributed by atoms with van der Waals surface area (Å²) in [4.78, 5) is 78.2. The van der Waals surface area contributed by atoms with Crippen molar-refractivity contribution in [3.05, 3.63) is 60.2 Å². The van der Waals surface area contributed by atoms with Gasteiger partial charge in [0.1, 0.15) is 18.9 Å². The Balaban J connectivity index is 1.66. The smallest absolute Gasteiger partial charge is 0.305 e. The number of aliphatic carboxylic acids is 1. The van der Waals surface area contributed by atoms with E-state index in [9.17, 15) is 28.8 Å². The third-order valence-corrected chi connectivity index (χ3v) is 6.73. The van der Waals surface area contributed by atoms with Crippen LogP contribution in [-0.4, -0.2) is 79.4 Å². The van der Waals surface area contributed by atoms with E-state index in [2.05, 4.69) is 10.6 Å². The van der Waals surface area contributed by atoms with Gasteiger partial charge in [-0.3, -0.25) is 28.9 Å². The molecule has 12 nitrogen and oxygen atoms in total. The van der Waals surface area contributed by atoms with Crippen LogP contribution in [0.2, 0.25) is 0 Å². The monoisotopic (exact) mass is 550 g/mol. The molecule has 0 spiro atoms. The first kappa shape index (κ1) is 28.4. The molecule has 4 amide bonds. The second kappa shape index (κ2) is 13.0. The van der Waals surface area contributed by atoms with E-state index in [1.807, 2.05) is 0 Å². The van der Waals surface area contributed by atoms with Crippen LogP contribution >= 0.6 is 0 Å². The van der Waals surface area contributed by atoms with Crippen LogP contribution in [0.25, 0.3) is 0 Å². The average molecular weight is 551 g/mol. The topological polar surface area (TPSA) is 162 Å². The summed E-state index contributed by atoms with van der Waals surface area (Å²) in [5.74, 6) is -3.48. The van der Waals surface area contributed by atoms with Gasteiger partial charge in [-0.15, -0.1) is 0 Å². The second-order valence-corrected chi connectivity index (χ2v) is 9.65. The summed E-state index contributed by atoms with van der Waals surface area (Å²) in [7, 11) is 0. The van der Waals surface area contributed by atoms with E-state index in [4.69, 9.17) is 9.84 Å². The summed E-state index contributed by atoms with van der Waals surface area (Å²) < 4.78 is 5.41. The number of fused-ring (bicyclic) bond motifs is 1. The van der Waals surface area contributed by atoms with E-state index in [1.165, 1.54) is 4.90 Å². The summed E-state index contributed by atoms with van der Waals surface area (Å²) in [6.45, 7) is 0.273. The van der Waals surface area contributed by atoms with E-state index >= 15 is 0 Å². The molecule has 1 saturated heterocycles. The summed E-state index contributed by atoms with van der Waals surface area (Å²) in [5, 5.41) is 14.0. The van der Waals surface area contributed by atoms with Crippen LogP contribution in [0.3, 0.4) is 0 Å². The number of carbonyl (C=O) groups is 6. The molecule has 210 valence electrons. The molecule has 1 unspecified atom stereocenters. The maximum absolute atomic E-state index is 13.9. The number of hydrogen-bond acceptors (Lipinski definition) is 7. The van der Waals surface area contributed by atoms with Gasteiger partial charge in [-0.2, -0.15) is 0 Å². The lowest BCUT2D eigenvalue weighted by atomic mass is 10.0. The van der Waals surface area contributed by atoms with Crippen LogP contribution in [0.15, 0.2) is 54.6 Å². The number of carboxylic acid groups (broad SMARTS) is 1. The van der Waals surface area contributed by atoms with Crippen molar-refractivity contribution in [2.24, 2.45) is 5.92 Å². The molecule has 40 heavy (non-hydrogen) atoms. The highest BCUT2D eigenvalue weighted by Gasteiger charge is 2.38. The minimum atomic E-state index is -1.29. The predicted molar refractivity (Wildman–Crippen MR) is 143 cm³/mol. The lowest BCUT2D eigenvalue weighted by Gasteiger charge is -2.26. The molecule has 2 heterocycles. The third-order valence-electron chi connectivity index (χ3n) is 6.73. The van der Waals surface area contributed by atoms with Gasteiger partial charge in [-0.1, -0.05) is 30.3 Å². The van der Waals surface area contributed by atoms with Crippen LogP contribution in [0.5, 0.6) is 0 Å². The number of aldehydes is 1. The molecule has 2 aromatic carbocycles. The molecule has 2 aliphatic rings. The minimum Gasteiger partial charge on any atom is -0.481 e. The molecule has 12 heteroatoms. The van der Waals surface area contributed by atoms with Crippen LogP contribution < -0.4 is 20.4 Å². The zero-order chi connectivity index (χ0) is 28.6. The lowest BCUT2D eigenvalue weighted by molar-refractivity contribution is -0.139. The van der Waals surface area contributed by atoms with Gasteiger partial charge in [-0.05, 0) is 36.6 Å². The fourth-order valence-electron chi connectivity index (χ4n) is 4.74. The lowest BCUT2D eigenvalue weighted by Crippen LogP contribution is -2.54. The first-order valence-electron chi connectivity index (χ1n) is 12.9. The summed E-state index contributed by atoms with van der Waals surface area (Å²) in [5.41, 5.74) is 0.947. The number of anilines is 2. The van der Waals surface area contributed by atoms with Crippen LogP contribution in [0.4, 0.5) is 11.4 Å². The first-order chi connectivity index (χ1) is 19.3. The number of carbonyl (C=O) groups excluding carboxylic acids is 5. The van der Waals surface area contributed by atoms with E-state index < -0.39 is 48.7 Å². The molecule has 2 aromatic rings. The largest absolute Gasteiger partial charge is 0.481 e. The fraction of sp³-hybridized carbons (Fsp3) is 0.357. The number of nitrogens with zero attached hydrogens (tertiary/aromatic N) is 2. The van der Waals surface area contributed by atoms with Crippen molar-refractivity contribution < 1.29 is 38.6 Å². The Bertz CT molecular complexity index is 1280. The van der Waals surface area contributed by atoms with Gasteiger partial charge in [0.15, 0.2) is 0 Å². The number of rotatable bonds is 10. The Morgan fingerprint density at radius 3 is 2.40 bits per heavy atom. The highest BCUT2D eigenvalue weighted by atomic mass is 16.5. The molecule has 3 atom stereocenters. The molecule has 2 aliphatic heterocycles. The number of amides is 4. The van der Waals surface area contributed by atoms with Gasteiger partial charge in [-0.25, -0.2) is 0 Å². The Morgan fingerprint density at radius 1 is 1.05 bits per heavy atom. The van der Waals surface area contributed by atoms with E-state index in [0.29, 0.717) is 30.8 Å².